The third-order valence-electron chi connectivity index (χ3n) is 4.91. The van der Waals surface area contributed by atoms with Gasteiger partial charge >= 0.3 is 5.97 Å². The molecule has 142 valence electrons. The summed E-state index contributed by atoms with van der Waals surface area (Å²) in [5.74, 6) is -0.431. The molecule has 7 heteroatoms. The van der Waals surface area contributed by atoms with Gasteiger partial charge in [-0.3, -0.25) is 9.59 Å². The third-order valence-corrected chi connectivity index (χ3v) is 4.91. The summed E-state index contributed by atoms with van der Waals surface area (Å²) in [6.07, 6.45) is 5.88. The summed E-state index contributed by atoms with van der Waals surface area (Å²) in [7, 11) is 0. The smallest absolute Gasteiger partial charge is 0.328 e. The minimum Gasteiger partial charge on any atom is -0.480 e. The molecule has 1 aliphatic rings. The molecular weight excluding hydrogens is 348 g/mol. The van der Waals surface area contributed by atoms with Crippen molar-refractivity contribution in [1.82, 2.24) is 9.78 Å². The van der Waals surface area contributed by atoms with Crippen molar-refractivity contribution in [2.45, 2.75) is 45.1 Å². The molecule has 1 unspecified atom stereocenters. The van der Waals surface area contributed by atoms with Crippen LogP contribution in [0, 0.1) is 5.92 Å². The monoisotopic (exact) mass is 370 g/mol. The lowest BCUT2D eigenvalue weighted by Gasteiger charge is -2.18. The van der Waals surface area contributed by atoms with Crippen LogP contribution in [0.5, 0.6) is 11.5 Å². The van der Waals surface area contributed by atoms with Crippen LogP contribution in [0.1, 0.15) is 55.4 Å². The normalized spacial score (nSPS) is 15.4. The highest BCUT2D eigenvalue weighted by molar-refractivity contribution is 5.96. The van der Waals surface area contributed by atoms with Crippen molar-refractivity contribution in [3.8, 4) is 11.5 Å². The molecule has 1 aromatic heterocycles. The number of carbonyl (C=O) groups excluding carboxylic acids is 1. The highest BCUT2D eigenvalue weighted by Crippen LogP contribution is 2.31. The van der Waals surface area contributed by atoms with E-state index in [9.17, 15) is 19.5 Å². The molecule has 0 saturated heterocycles. The number of rotatable bonds is 7. The molecule has 0 radical (unpaired) electrons. The van der Waals surface area contributed by atoms with E-state index < -0.39 is 17.6 Å². The highest BCUT2D eigenvalue weighted by atomic mass is 16.5. The Bertz CT molecular complexity index is 899. The van der Waals surface area contributed by atoms with Crippen LogP contribution in [0.3, 0.4) is 0 Å². The van der Waals surface area contributed by atoms with Gasteiger partial charge in [-0.05, 0) is 31.4 Å². The number of ether oxygens (including phenoxy) is 1. The van der Waals surface area contributed by atoms with E-state index >= 15 is 0 Å². The van der Waals surface area contributed by atoms with E-state index in [4.69, 9.17) is 4.74 Å². The molecule has 1 N–H and O–H groups in total. The quantitative estimate of drug-likeness (QED) is 0.750. The number of hydrogen-bond acceptors (Lipinski definition) is 5. The van der Waals surface area contributed by atoms with Gasteiger partial charge < -0.3 is 9.84 Å². The first kappa shape index (κ1) is 18.8. The Morgan fingerprint density at radius 3 is 2.63 bits per heavy atom. The summed E-state index contributed by atoms with van der Waals surface area (Å²) in [6, 6.07) is 6.92. The lowest BCUT2D eigenvalue weighted by Crippen LogP contribution is -2.32. The molecule has 1 aromatic carbocycles. The number of aliphatic carboxylic acids is 1. The van der Waals surface area contributed by atoms with Crippen molar-refractivity contribution < 1.29 is 19.4 Å². The lowest BCUT2D eigenvalue weighted by molar-refractivity contribution is -0.142. The SMILES string of the molecule is CC(=O)c1ccccc1Oc1cnn(C(CC2CCCC2)C(=O)O)c(=O)c1. The van der Waals surface area contributed by atoms with E-state index in [-0.39, 0.29) is 11.5 Å². The summed E-state index contributed by atoms with van der Waals surface area (Å²) in [5, 5.41) is 13.6. The van der Waals surface area contributed by atoms with Gasteiger partial charge in [-0.1, -0.05) is 37.8 Å². The molecule has 1 heterocycles. The van der Waals surface area contributed by atoms with Crippen molar-refractivity contribution in [1.29, 1.82) is 0 Å². The molecule has 3 rings (SSSR count). The van der Waals surface area contributed by atoms with Crippen molar-refractivity contribution in [2.75, 3.05) is 0 Å². The van der Waals surface area contributed by atoms with Crippen LogP contribution in [0.25, 0.3) is 0 Å². The molecular formula is C20H22N2O5. The van der Waals surface area contributed by atoms with Gasteiger partial charge in [0.25, 0.3) is 5.56 Å². The first-order valence-corrected chi connectivity index (χ1v) is 9.05. The minimum atomic E-state index is -1.06. The first-order valence-electron chi connectivity index (χ1n) is 9.05. The Morgan fingerprint density at radius 2 is 2.00 bits per heavy atom. The standard InChI is InChI=1S/C20H22N2O5/c1-13(23)16-8-4-5-9-18(16)27-15-11-19(24)22(21-12-15)17(20(25)26)10-14-6-2-3-7-14/h4-5,8-9,11-12,14,17H,2-3,6-7,10H2,1H3,(H,25,26). The Kier molecular flexibility index (Phi) is 5.69. The molecule has 0 amide bonds. The van der Waals surface area contributed by atoms with Crippen LogP contribution in [-0.4, -0.2) is 26.6 Å². The number of carbonyl (C=O) groups is 2. The predicted molar refractivity (Wildman–Crippen MR) is 98.3 cm³/mol. The summed E-state index contributed by atoms with van der Waals surface area (Å²) < 4.78 is 6.64. The maximum Gasteiger partial charge on any atom is 0.328 e. The fourth-order valence-corrected chi connectivity index (χ4v) is 3.53. The van der Waals surface area contributed by atoms with Gasteiger partial charge in [0.1, 0.15) is 5.75 Å². The summed E-state index contributed by atoms with van der Waals surface area (Å²) >= 11 is 0. The lowest BCUT2D eigenvalue weighted by atomic mass is 9.98. The largest absolute Gasteiger partial charge is 0.480 e. The number of aromatic nitrogens is 2. The second kappa shape index (κ2) is 8.16. The highest BCUT2D eigenvalue weighted by Gasteiger charge is 2.28. The second-order valence-corrected chi connectivity index (χ2v) is 6.87. The third kappa shape index (κ3) is 4.42. The number of carboxylic acids is 1. The topological polar surface area (TPSA) is 98.5 Å². The second-order valence-electron chi connectivity index (χ2n) is 6.87. The minimum absolute atomic E-state index is 0.158. The van der Waals surface area contributed by atoms with E-state index in [1.165, 1.54) is 19.2 Å². The Labute approximate surface area is 156 Å². The molecule has 0 spiro atoms. The van der Waals surface area contributed by atoms with Crippen molar-refractivity contribution in [3.05, 3.63) is 52.4 Å². The van der Waals surface area contributed by atoms with E-state index in [0.717, 1.165) is 30.4 Å². The molecule has 0 aliphatic heterocycles. The number of hydrogen-bond donors (Lipinski definition) is 1. The number of para-hydroxylation sites is 1. The number of carboxylic acid groups (broad SMARTS) is 1. The Balaban J connectivity index is 1.83. The Hall–Kier alpha value is -2.96. The maximum absolute atomic E-state index is 12.5. The summed E-state index contributed by atoms with van der Waals surface area (Å²) in [6.45, 7) is 1.43. The zero-order chi connectivity index (χ0) is 19.4. The van der Waals surface area contributed by atoms with Crippen LogP contribution < -0.4 is 10.3 Å². The van der Waals surface area contributed by atoms with Gasteiger partial charge in [0, 0.05) is 6.07 Å². The van der Waals surface area contributed by atoms with E-state index in [1.54, 1.807) is 24.3 Å². The molecule has 7 nitrogen and oxygen atoms in total. The van der Waals surface area contributed by atoms with E-state index in [2.05, 4.69) is 5.10 Å². The number of Topliss-reactive ketones (excluding diaryl/α,β-unsaturated/α-hetero) is 1. The zero-order valence-corrected chi connectivity index (χ0v) is 15.1. The van der Waals surface area contributed by atoms with Gasteiger partial charge in [-0.25, -0.2) is 9.48 Å². The average molecular weight is 370 g/mol. The molecule has 1 fully saturated rings. The molecule has 1 saturated carbocycles. The molecule has 27 heavy (non-hydrogen) atoms. The fraction of sp³-hybridized carbons (Fsp3) is 0.400. The average Bonchev–Trinajstić information content (AvgIpc) is 3.14. The Morgan fingerprint density at radius 1 is 1.30 bits per heavy atom. The predicted octanol–water partition coefficient (Wildman–Crippen LogP) is 3.44. The van der Waals surface area contributed by atoms with Crippen molar-refractivity contribution >= 4 is 11.8 Å². The van der Waals surface area contributed by atoms with E-state index in [0.29, 0.717) is 23.7 Å². The van der Waals surface area contributed by atoms with Gasteiger partial charge in [-0.15, -0.1) is 0 Å². The van der Waals surface area contributed by atoms with Gasteiger partial charge in [0.15, 0.2) is 17.6 Å². The molecule has 0 bridgehead atoms. The zero-order valence-electron chi connectivity index (χ0n) is 15.1. The van der Waals surface area contributed by atoms with Gasteiger partial charge in [-0.2, -0.15) is 5.10 Å². The van der Waals surface area contributed by atoms with Crippen LogP contribution in [0.4, 0.5) is 0 Å². The van der Waals surface area contributed by atoms with Crippen molar-refractivity contribution in [3.63, 3.8) is 0 Å². The van der Waals surface area contributed by atoms with Gasteiger partial charge in [0.2, 0.25) is 0 Å². The number of nitrogens with zero attached hydrogens (tertiary/aromatic N) is 2. The molecule has 2 aromatic rings. The first-order chi connectivity index (χ1) is 13.0. The fourth-order valence-electron chi connectivity index (χ4n) is 3.53. The van der Waals surface area contributed by atoms with Crippen LogP contribution in [0.2, 0.25) is 0 Å². The molecule has 1 atom stereocenters. The maximum atomic E-state index is 12.5. The number of ketones is 1. The number of benzene rings is 1. The summed E-state index contributed by atoms with van der Waals surface area (Å²) in [4.78, 5) is 35.8. The van der Waals surface area contributed by atoms with E-state index in [1.807, 2.05) is 0 Å². The molecule has 1 aliphatic carbocycles. The summed E-state index contributed by atoms with van der Waals surface area (Å²) in [5.41, 5.74) is -0.149. The van der Waals surface area contributed by atoms with Crippen LogP contribution >= 0.6 is 0 Å². The van der Waals surface area contributed by atoms with Crippen molar-refractivity contribution in [2.24, 2.45) is 5.92 Å². The van der Waals surface area contributed by atoms with Gasteiger partial charge in [0.05, 0.1) is 11.8 Å². The van der Waals surface area contributed by atoms with Crippen LogP contribution in [0.15, 0.2) is 41.3 Å². The van der Waals surface area contributed by atoms with Crippen LogP contribution in [-0.2, 0) is 4.79 Å².